The van der Waals surface area contributed by atoms with Gasteiger partial charge in [-0.3, -0.25) is 9.48 Å². The molecule has 2 fully saturated rings. The zero-order valence-corrected chi connectivity index (χ0v) is 14.2. The molecule has 0 radical (unpaired) electrons. The average Bonchev–Trinajstić information content (AvgIpc) is 3.01. The summed E-state index contributed by atoms with van der Waals surface area (Å²) in [6.07, 6.45) is 8.12. The number of amides is 1. The number of likely N-dealkylation sites (N-methyl/N-ethyl adjacent to an activating group) is 1. The molecule has 5 nitrogen and oxygen atoms in total. The number of likely N-dealkylation sites (tertiary alicyclic amines) is 1. The third-order valence-electron chi connectivity index (χ3n) is 5.38. The van der Waals surface area contributed by atoms with E-state index in [1.165, 1.54) is 5.56 Å². The maximum absolute atomic E-state index is 12.8. The van der Waals surface area contributed by atoms with Crippen LogP contribution in [0.4, 0.5) is 0 Å². The zero-order chi connectivity index (χ0) is 15.9. The topological polar surface area (TPSA) is 41.4 Å². The predicted octanol–water partition coefficient (Wildman–Crippen LogP) is 1.54. The van der Waals surface area contributed by atoms with Gasteiger partial charge < -0.3 is 9.80 Å². The molecule has 3 rings (SSSR count). The molecule has 22 heavy (non-hydrogen) atoms. The first-order valence-corrected chi connectivity index (χ1v) is 8.40. The second kappa shape index (κ2) is 6.03. The van der Waals surface area contributed by atoms with Gasteiger partial charge in [-0.15, -0.1) is 0 Å². The molecule has 0 aromatic carbocycles. The minimum Gasteiger partial charge on any atom is -0.338 e. The van der Waals surface area contributed by atoms with Crippen LogP contribution in [0.15, 0.2) is 12.4 Å². The second-order valence-corrected chi connectivity index (χ2v) is 7.42. The van der Waals surface area contributed by atoms with E-state index < -0.39 is 0 Å². The van der Waals surface area contributed by atoms with Crippen LogP contribution in [0.3, 0.4) is 0 Å². The van der Waals surface area contributed by atoms with Crippen molar-refractivity contribution in [2.45, 2.75) is 44.7 Å². The lowest BCUT2D eigenvalue weighted by Gasteiger charge is -2.38. The Hall–Kier alpha value is -1.36. The van der Waals surface area contributed by atoms with Crippen molar-refractivity contribution in [3.63, 3.8) is 0 Å². The molecule has 1 saturated carbocycles. The van der Waals surface area contributed by atoms with E-state index in [4.69, 9.17) is 0 Å². The van der Waals surface area contributed by atoms with Crippen molar-refractivity contribution in [3.05, 3.63) is 18.0 Å². The summed E-state index contributed by atoms with van der Waals surface area (Å²) in [4.78, 5) is 17.3. The number of hydrogen-bond donors (Lipinski definition) is 0. The lowest BCUT2D eigenvalue weighted by Crippen LogP contribution is -2.49. The van der Waals surface area contributed by atoms with Gasteiger partial charge in [0.05, 0.1) is 12.2 Å². The second-order valence-electron chi connectivity index (χ2n) is 7.42. The smallest absolute Gasteiger partial charge is 0.226 e. The highest BCUT2D eigenvalue weighted by molar-refractivity contribution is 5.80. The van der Waals surface area contributed by atoms with Crippen LogP contribution in [-0.4, -0.2) is 58.2 Å². The van der Waals surface area contributed by atoms with Crippen molar-refractivity contribution in [1.82, 2.24) is 19.6 Å². The van der Waals surface area contributed by atoms with Crippen molar-refractivity contribution >= 4 is 5.91 Å². The summed E-state index contributed by atoms with van der Waals surface area (Å²) >= 11 is 0. The Morgan fingerprint density at radius 3 is 2.68 bits per heavy atom. The van der Waals surface area contributed by atoms with Crippen molar-refractivity contribution in [1.29, 1.82) is 0 Å². The number of carbonyl (C=O) groups excluding carboxylic acids is 1. The molecule has 1 aromatic heterocycles. The van der Waals surface area contributed by atoms with E-state index in [1.54, 1.807) is 0 Å². The molecule has 2 atom stereocenters. The molecular weight excluding hydrogens is 276 g/mol. The number of aromatic nitrogens is 2. The first-order valence-electron chi connectivity index (χ1n) is 8.40. The van der Waals surface area contributed by atoms with Gasteiger partial charge in [-0.25, -0.2) is 0 Å². The van der Waals surface area contributed by atoms with Crippen molar-refractivity contribution in [2.24, 2.45) is 18.9 Å². The first-order chi connectivity index (χ1) is 10.5. The number of nitrogens with zero attached hydrogens (tertiary/aromatic N) is 4. The van der Waals surface area contributed by atoms with Gasteiger partial charge in [0, 0.05) is 31.7 Å². The van der Waals surface area contributed by atoms with E-state index in [9.17, 15) is 4.79 Å². The van der Waals surface area contributed by atoms with Gasteiger partial charge in [-0.2, -0.15) is 5.10 Å². The van der Waals surface area contributed by atoms with Crippen LogP contribution >= 0.6 is 0 Å². The molecular formula is C17H28N4O. The van der Waals surface area contributed by atoms with E-state index in [1.807, 2.05) is 17.9 Å². The summed E-state index contributed by atoms with van der Waals surface area (Å²) in [5.41, 5.74) is 1.22. The SMILES string of the molecule is CC1CC(C(=O)N2CC[C@@H](N(C)C)[C@@H]2Cc2cnn(C)c2)C1. The molecule has 0 unspecified atom stereocenters. The Kier molecular flexibility index (Phi) is 4.26. The standard InChI is InChI=1S/C17H28N4O/c1-12-7-14(8-12)17(22)21-6-5-15(19(2)3)16(21)9-13-10-18-20(4)11-13/h10-12,14-16H,5-9H2,1-4H3/t12?,14?,15-,16+/m1/s1. The average molecular weight is 304 g/mol. The van der Waals surface area contributed by atoms with Crippen LogP contribution in [0.25, 0.3) is 0 Å². The van der Waals surface area contributed by atoms with Crippen molar-refractivity contribution < 1.29 is 4.79 Å². The van der Waals surface area contributed by atoms with Crippen molar-refractivity contribution in [2.75, 3.05) is 20.6 Å². The van der Waals surface area contributed by atoms with Gasteiger partial charge in [0.1, 0.15) is 0 Å². The lowest BCUT2D eigenvalue weighted by molar-refractivity contribution is -0.141. The minimum atomic E-state index is 0.271. The molecule has 0 spiro atoms. The number of carbonyl (C=O) groups is 1. The van der Waals surface area contributed by atoms with Gasteiger partial charge in [-0.1, -0.05) is 6.92 Å². The van der Waals surface area contributed by atoms with E-state index in [0.717, 1.165) is 38.1 Å². The first kappa shape index (κ1) is 15.5. The Balaban J connectivity index is 1.74. The van der Waals surface area contributed by atoms with Gasteiger partial charge in [0.15, 0.2) is 0 Å². The maximum Gasteiger partial charge on any atom is 0.226 e. The van der Waals surface area contributed by atoms with Gasteiger partial charge in [0.2, 0.25) is 5.91 Å². The molecule has 0 bridgehead atoms. The fourth-order valence-electron chi connectivity index (χ4n) is 4.12. The highest BCUT2D eigenvalue weighted by Gasteiger charge is 2.42. The molecule has 2 aliphatic rings. The summed E-state index contributed by atoms with van der Waals surface area (Å²) in [7, 11) is 6.20. The molecule has 2 heterocycles. The van der Waals surface area contributed by atoms with Crippen LogP contribution in [0.1, 0.15) is 31.7 Å². The molecule has 1 amide bonds. The third kappa shape index (κ3) is 2.91. The monoisotopic (exact) mass is 304 g/mol. The summed E-state index contributed by atoms with van der Waals surface area (Å²) in [6, 6.07) is 0.726. The Morgan fingerprint density at radius 1 is 1.41 bits per heavy atom. The van der Waals surface area contributed by atoms with Crippen LogP contribution in [0.5, 0.6) is 0 Å². The minimum absolute atomic E-state index is 0.271. The van der Waals surface area contributed by atoms with Crippen LogP contribution in [-0.2, 0) is 18.3 Å². The number of hydrogen-bond acceptors (Lipinski definition) is 3. The van der Waals surface area contributed by atoms with Gasteiger partial charge in [-0.05, 0) is 51.3 Å². The molecule has 1 aliphatic carbocycles. The number of aryl methyl sites for hydroxylation is 1. The Morgan fingerprint density at radius 2 is 2.14 bits per heavy atom. The molecule has 0 N–H and O–H groups in total. The number of rotatable bonds is 4. The highest BCUT2D eigenvalue weighted by atomic mass is 16.2. The van der Waals surface area contributed by atoms with Crippen LogP contribution in [0, 0.1) is 11.8 Å². The summed E-state index contributed by atoms with van der Waals surface area (Å²) in [5, 5.41) is 4.27. The van der Waals surface area contributed by atoms with E-state index in [2.05, 4.69) is 42.1 Å². The zero-order valence-electron chi connectivity index (χ0n) is 14.2. The van der Waals surface area contributed by atoms with E-state index >= 15 is 0 Å². The normalized spacial score (nSPS) is 31.6. The fraction of sp³-hybridized carbons (Fsp3) is 0.765. The Labute approximate surface area is 133 Å². The quantitative estimate of drug-likeness (QED) is 0.847. The molecule has 1 aromatic rings. The summed E-state index contributed by atoms with van der Waals surface area (Å²) in [6.45, 7) is 3.14. The maximum atomic E-state index is 12.8. The summed E-state index contributed by atoms with van der Waals surface area (Å²) < 4.78 is 1.84. The molecule has 122 valence electrons. The summed E-state index contributed by atoms with van der Waals surface area (Å²) in [5.74, 6) is 1.38. The van der Waals surface area contributed by atoms with Crippen molar-refractivity contribution in [3.8, 4) is 0 Å². The lowest BCUT2D eigenvalue weighted by atomic mass is 9.75. The van der Waals surface area contributed by atoms with E-state index in [0.29, 0.717) is 11.9 Å². The molecule has 1 saturated heterocycles. The van der Waals surface area contributed by atoms with Crippen LogP contribution in [0.2, 0.25) is 0 Å². The predicted molar refractivity (Wildman–Crippen MR) is 86.4 cm³/mol. The molecule has 5 heteroatoms. The largest absolute Gasteiger partial charge is 0.338 e. The fourth-order valence-corrected chi connectivity index (χ4v) is 4.12. The highest BCUT2D eigenvalue weighted by Crippen LogP contribution is 2.37. The van der Waals surface area contributed by atoms with Gasteiger partial charge >= 0.3 is 0 Å². The van der Waals surface area contributed by atoms with E-state index in [-0.39, 0.29) is 12.0 Å². The Bertz CT molecular complexity index is 533. The third-order valence-corrected chi connectivity index (χ3v) is 5.38. The van der Waals surface area contributed by atoms with Gasteiger partial charge in [0.25, 0.3) is 0 Å². The molecule has 1 aliphatic heterocycles. The van der Waals surface area contributed by atoms with Crippen LogP contribution < -0.4 is 0 Å².